The first kappa shape index (κ1) is 17.0. The lowest BCUT2D eigenvalue weighted by Gasteiger charge is -2.14. The summed E-state index contributed by atoms with van der Waals surface area (Å²) in [6.45, 7) is 3.79. The molecule has 2 N–H and O–H groups in total. The molecule has 8 heteroatoms. The van der Waals surface area contributed by atoms with Crippen LogP contribution in [0.15, 0.2) is 24.3 Å². The third kappa shape index (κ3) is 3.96. The summed E-state index contributed by atoms with van der Waals surface area (Å²) in [7, 11) is -2.93. The van der Waals surface area contributed by atoms with Crippen molar-refractivity contribution in [3.05, 3.63) is 40.5 Å². The lowest BCUT2D eigenvalue weighted by molar-refractivity contribution is 0.602. The number of nitrogens with zero attached hydrogens (tertiary/aromatic N) is 2. The monoisotopic (exact) mass is 366 g/mol. The van der Waals surface area contributed by atoms with Crippen LogP contribution in [0.25, 0.3) is 0 Å². The number of nitrogens with one attached hydrogen (secondary N) is 2. The highest BCUT2D eigenvalue weighted by atomic mass is 35.5. The highest BCUT2D eigenvalue weighted by Crippen LogP contribution is 2.26. The molecule has 0 amide bonds. The normalized spacial score (nSPS) is 19.2. The Morgan fingerprint density at radius 1 is 1.25 bits per heavy atom. The van der Waals surface area contributed by atoms with E-state index < -0.39 is 9.84 Å². The van der Waals surface area contributed by atoms with Crippen LogP contribution in [-0.2, 0) is 9.84 Å². The molecular weight excluding hydrogens is 348 g/mol. The van der Waals surface area contributed by atoms with Gasteiger partial charge in [-0.1, -0.05) is 17.7 Å². The molecule has 3 rings (SSSR count). The van der Waals surface area contributed by atoms with Gasteiger partial charge in [0.05, 0.1) is 11.5 Å². The zero-order valence-electron chi connectivity index (χ0n) is 13.5. The van der Waals surface area contributed by atoms with Crippen molar-refractivity contribution in [1.29, 1.82) is 0 Å². The second-order valence-electron chi connectivity index (χ2n) is 6.00. The topological polar surface area (TPSA) is 84.0 Å². The van der Waals surface area contributed by atoms with Gasteiger partial charge in [0, 0.05) is 28.5 Å². The molecule has 1 aliphatic rings. The standard InChI is InChI=1S/C16H19ClN4O2S/c1-10-8-15(19-12-6-7-24(22,23)9-12)21-16(18-10)20-14-5-3-4-13(17)11(14)2/h3-5,8,12H,6-7,9H2,1-2H3,(H2,18,19,20,21). The second-order valence-corrected chi connectivity index (χ2v) is 8.64. The van der Waals surface area contributed by atoms with Crippen molar-refractivity contribution >= 4 is 38.9 Å². The van der Waals surface area contributed by atoms with Gasteiger partial charge in [0.25, 0.3) is 0 Å². The number of anilines is 3. The van der Waals surface area contributed by atoms with Gasteiger partial charge < -0.3 is 10.6 Å². The van der Waals surface area contributed by atoms with E-state index >= 15 is 0 Å². The number of hydrogen-bond donors (Lipinski definition) is 2. The van der Waals surface area contributed by atoms with Crippen LogP contribution >= 0.6 is 11.6 Å². The molecule has 1 fully saturated rings. The Kier molecular flexibility index (Phi) is 4.64. The number of aryl methyl sites for hydroxylation is 1. The van der Waals surface area contributed by atoms with Crippen molar-refractivity contribution in [2.24, 2.45) is 0 Å². The highest BCUT2D eigenvalue weighted by molar-refractivity contribution is 7.91. The van der Waals surface area contributed by atoms with Crippen molar-refractivity contribution in [3.8, 4) is 0 Å². The van der Waals surface area contributed by atoms with Gasteiger partial charge in [-0.25, -0.2) is 13.4 Å². The number of sulfone groups is 1. The van der Waals surface area contributed by atoms with Crippen LogP contribution in [-0.4, -0.2) is 35.9 Å². The fraction of sp³-hybridized carbons (Fsp3) is 0.375. The lowest BCUT2D eigenvalue weighted by atomic mass is 10.2. The first-order chi connectivity index (χ1) is 11.3. The van der Waals surface area contributed by atoms with Gasteiger partial charge in [-0.15, -0.1) is 0 Å². The van der Waals surface area contributed by atoms with E-state index in [4.69, 9.17) is 11.6 Å². The minimum atomic E-state index is -2.93. The summed E-state index contributed by atoms with van der Waals surface area (Å²) >= 11 is 6.13. The molecule has 128 valence electrons. The minimum Gasteiger partial charge on any atom is -0.366 e. The highest BCUT2D eigenvalue weighted by Gasteiger charge is 2.28. The first-order valence-electron chi connectivity index (χ1n) is 7.67. The molecule has 0 saturated carbocycles. The van der Waals surface area contributed by atoms with E-state index in [1.54, 1.807) is 6.07 Å². The number of aromatic nitrogens is 2. The Hall–Kier alpha value is -1.86. The van der Waals surface area contributed by atoms with Crippen molar-refractivity contribution in [3.63, 3.8) is 0 Å². The number of rotatable bonds is 4. The molecule has 0 spiro atoms. The predicted molar refractivity (Wildman–Crippen MR) is 96.9 cm³/mol. The minimum absolute atomic E-state index is 0.106. The Morgan fingerprint density at radius 2 is 2.04 bits per heavy atom. The summed E-state index contributed by atoms with van der Waals surface area (Å²) in [5.41, 5.74) is 2.54. The van der Waals surface area contributed by atoms with Gasteiger partial charge >= 0.3 is 0 Å². The van der Waals surface area contributed by atoms with E-state index in [-0.39, 0.29) is 17.5 Å². The lowest BCUT2D eigenvalue weighted by Crippen LogP contribution is -2.21. The van der Waals surface area contributed by atoms with Crippen molar-refractivity contribution in [2.45, 2.75) is 26.3 Å². The predicted octanol–water partition coefficient (Wildman–Crippen LogP) is 3.09. The van der Waals surface area contributed by atoms with Crippen molar-refractivity contribution < 1.29 is 8.42 Å². The van der Waals surface area contributed by atoms with E-state index in [2.05, 4.69) is 20.6 Å². The molecule has 1 saturated heterocycles. The molecule has 0 radical (unpaired) electrons. The molecular formula is C16H19ClN4O2S. The Balaban J connectivity index is 1.80. The summed E-state index contributed by atoms with van der Waals surface area (Å²) < 4.78 is 23.2. The number of benzene rings is 1. The number of halogens is 1. The van der Waals surface area contributed by atoms with Crippen molar-refractivity contribution in [1.82, 2.24) is 9.97 Å². The molecule has 0 bridgehead atoms. The van der Waals surface area contributed by atoms with Crippen LogP contribution in [0.2, 0.25) is 5.02 Å². The molecule has 0 aliphatic carbocycles. The van der Waals surface area contributed by atoms with Crippen LogP contribution < -0.4 is 10.6 Å². The van der Waals surface area contributed by atoms with E-state index in [0.717, 1.165) is 16.9 Å². The summed E-state index contributed by atoms with van der Waals surface area (Å²) in [5.74, 6) is 1.43. The fourth-order valence-electron chi connectivity index (χ4n) is 2.68. The average Bonchev–Trinajstić information content (AvgIpc) is 2.82. The van der Waals surface area contributed by atoms with Gasteiger partial charge in [0.2, 0.25) is 5.95 Å². The Morgan fingerprint density at radius 3 is 2.75 bits per heavy atom. The summed E-state index contributed by atoms with van der Waals surface area (Å²) in [6.07, 6.45) is 0.599. The van der Waals surface area contributed by atoms with Gasteiger partial charge in [-0.05, 0) is 38.0 Å². The molecule has 1 atom stereocenters. The van der Waals surface area contributed by atoms with Crippen LogP contribution in [0.1, 0.15) is 17.7 Å². The quantitative estimate of drug-likeness (QED) is 0.865. The maximum atomic E-state index is 11.6. The summed E-state index contributed by atoms with van der Waals surface area (Å²) in [4.78, 5) is 8.82. The van der Waals surface area contributed by atoms with E-state index in [1.807, 2.05) is 32.0 Å². The van der Waals surface area contributed by atoms with Crippen molar-refractivity contribution in [2.75, 3.05) is 22.1 Å². The van der Waals surface area contributed by atoms with Crippen LogP contribution in [0, 0.1) is 13.8 Å². The van der Waals surface area contributed by atoms with Gasteiger partial charge in [-0.3, -0.25) is 0 Å². The molecule has 1 aliphatic heterocycles. The largest absolute Gasteiger partial charge is 0.366 e. The molecule has 2 heterocycles. The third-order valence-electron chi connectivity index (χ3n) is 3.95. The maximum absolute atomic E-state index is 11.6. The van der Waals surface area contributed by atoms with E-state index in [1.165, 1.54) is 0 Å². The SMILES string of the molecule is Cc1cc(NC2CCS(=O)(=O)C2)nc(Nc2cccc(Cl)c2C)n1. The first-order valence-corrected chi connectivity index (χ1v) is 9.87. The third-order valence-corrected chi connectivity index (χ3v) is 6.13. The Labute approximate surface area is 146 Å². The van der Waals surface area contributed by atoms with Crippen LogP contribution in [0.3, 0.4) is 0 Å². The Bertz CT molecular complexity index is 870. The zero-order chi connectivity index (χ0) is 17.3. The van der Waals surface area contributed by atoms with E-state index in [0.29, 0.717) is 23.2 Å². The summed E-state index contributed by atoms with van der Waals surface area (Å²) in [6, 6.07) is 7.29. The van der Waals surface area contributed by atoms with Gasteiger partial charge in [-0.2, -0.15) is 4.98 Å². The van der Waals surface area contributed by atoms with Gasteiger partial charge in [0.1, 0.15) is 5.82 Å². The molecule has 1 aromatic heterocycles. The molecule has 1 aromatic carbocycles. The molecule has 1 unspecified atom stereocenters. The molecule has 2 aromatic rings. The van der Waals surface area contributed by atoms with Crippen LogP contribution in [0.4, 0.5) is 17.5 Å². The van der Waals surface area contributed by atoms with E-state index in [9.17, 15) is 8.42 Å². The molecule has 6 nitrogen and oxygen atoms in total. The maximum Gasteiger partial charge on any atom is 0.229 e. The fourth-order valence-corrected chi connectivity index (χ4v) is 4.53. The second kappa shape index (κ2) is 6.57. The summed E-state index contributed by atoms with van der Waals surface area (Å²) in [5, 5.41) is 7.03. The molecule has 24 heavy (non-hydrogen) atoms. The number of hydrogen-bond acceptors (Lipinski definition) is 6. The smallest absolute Gasteiger partial charge is 0.229 e. The zero-order valence-corrected chi connectivity index (χ0v) is 15.1. The van der Waals surface area contributed by atoms with Gasteiger partial charge in [0.15, 0.2) is 9.84 Å². The average molecular weight is 367 g/mol. The van der Waals surface area contributed by atoms with Crippen LogP contribution in [0.5, 0.6) is 0 Å².